The first-order valence-electron chi connectivity index (χ1n) is 4.40. The van der Waals surface area contributed by atoms with Crippen LogP contribution in [-0.2, 0) is 0 Å². The molecule has 2 aromatic rings. The first kappa shape index (κ1) is 8.74. The zero-order valence-electron chi connectivity index (χ0n) is 7.83. The molecule has 0 fully saturated rings. The highest BCUT2D eigenvalue weighted by molar-refractivity contribution is 5.16. The first-order valence-corrected chi connectivity index (χ1v) is 4.40. The minimum Gasteiger partial charge on any atom is -0.261 e. The Kier molecular flexibility index (Phi) is 2.44. The Labute approximate surface area is 82.1 Å². The molecule has 0 atom stereocenters. The molecule has 0 saturated heterocycles. The van der Waals surface area contributed by atoms with Crippen LogP contribution in [0.2, 0.25) is 0 Å². The van der Waals surface area contributed by atoms with Gasteiger partial charge < -0.3 is 0 Å². The van der Waals surface area contributed by atoms with E-state index in [1.165, 1.54) is 0 Å². The molecule has 0 amide bonds. The quantitative estimate of drug-likeness (QED) is 0.711. The second-order valence-electron chi connectivity index (χ2n) is 2.98. The molecular weight excluding hydrogens is 176 g/mol. The molecule has 0 N–H and O–H groups in total. The zero-order valence-corrected chi connectivity index (χ0v) is 7.83. The van der Waals surface area contributed by atoms with Crippen LogP contribution >= 0.6 is 0 Å². The molecular formula is C10H10N4. The van der Waals surface area contributed by atoms with Gasteiger partial charge in [-0.2, -0.15) is 0 Å². The van der Waals surface area contributed by atoms with E-state index in [1.807, 2.05) is 6.92 Å². The monoisotopic (exact) mass is 186 g/mol. The van der Waals surface area contributed by atoms with Gasteiger partial charge in [-0.15, -0.1) is 0 Å². The summed E-state index contributed by atoms with van der Waals surface area (Å²) >= 11 is 0. The van der Waals surface area contributed by atoms with Gasteiger partial charge in [-0.25, -0.2) is 0 Å². The Bertz CT molecular complexity index is 348. The molecule has 0 bridgehead atoms. The largest absolute Gasteiger partial charge is 0.261 e. The lowest BCUT2D eigenvalue weighted by Gasteiger charge is -2.07. The van der Waals surface area contributed by atoms with Crippen molar-refractivity contribution in [1.82, 2.24) is 19.9 Å². The van der Waals surface area contributed by atoms with Crippen LogP contribution < -0.4 is 0 Å². The maximum Gasteiger partial charge on any atom is 0.0674 e. The molecule has 2 aromatic heterocycles. The van der Waals surface area contributed by atoms with Crippen LogP contribution in [0.15, 0.2) is 37.2 Å². The van der Waals surface area contributed by atoms with E-state index in [4.69, 9.17) is 0 Å². The summed E-state index contributed by atoms with van der Waals surface area (Å²) in [6.07, 6.45) is 10.2. The molecule has 70 valence electrons. The van der Waals surface area contributed by atoms with Crippen LogP contribution in [0, 0.1) is 0 Å². The van der Waals surface area contributed by atoms with Crippen molar-refractivity contribution in [1.29, 1.82) is 0 Å². The van der Waals surface area contributed by atoms with Crippen molar-refractivity contribution in [2.75, 3.05) is 0 Å². The normalized spacial score (nSPS) is 10.4. The molecule has 2 heterocycles. The van der Waals surface area contributed by atoms with Crippen LogP contribution in [0.25, 0.3) is 0 Å². The Balaban J connectivity index is 2.30. The Hall–Kier alpha value is -1.84. The Morgan fingerprint density at radius 1 is 0.857 bits per heavy atom. The third-order valence-electron chi connectivity index (χ3n) is 2.05. The molecule has 0 aliphatic rings. The highest BCUT2D eigenvalue weighted by Crippen LogP contribution is 2.17. The molecule has 0 aliphatic heterocycles. The number of aromatic nitrogens is 4. The van der Waals surface area contributed by atoms with Crippen molar-refractivity contribution in [2.24, 2.45) is 0 Å². The van der Waals surface area contributed by atoms with Crippen LogP contribution in [0.4, 0.5) is 0 Å². The van der Waals surface area contributed by atoms with Gasteiger partial charge in [0.05, 0.1) is 11.4 Å². The minimum atomic E-state index is 0.136. The topological polar surface area (TPSA) is 51.6 Å². The summed E-state index contributed by atoms with van der Waals surface area (Å²) in [5.41, 5.74) is 1.82. The lowest BCUT2D eigenvalue weighted by molar-refractivity contribution is 0.812. The van der Waals surface area contributed by atoms with Crippen LogP contribution in [0.1, 0.15) is 24.2 Å². The third kappa shape index (κ3) is 1.74. The number of hydrogen-bond donors (Lipinski definition) is 0. The average Bonchev–Trinajstić information content (AvgIpc) is 2.30. The van der Waals surface area contributed by atoms with E-state index in [1.54, 1.807) is 37.2 Å². The van der Waals surface area contributed by atoms with E-state index >= 15 is 0 Å². The number of nitrogens with zero attached hydrogens (tertiary/aromatic N) is 4. The lowest BCUT2D eigenvalue weighted by Crippen LogP contribution is -2.01. The van der Waals surface area contributed by atoms with Crippen molar-refractivity contribution in [3.05, 3.63) is 48.6 Å². The van der Waals surface area contributed by atoms with E-state index in [-0.39, 0.29) is 5.92 Å². The smallest absolute Gasteiger partial charge is 0.0674 e. The van der Waals surface area contributed by atoms with Crippen LogP contribution in [-0.4, -0.2) is 19.9 Å². The minimum absolute atomic E-state index is 0.136. The molecule has 0 aromatic carbocycles. The molecule has 0 unspecified atom stereocenters. The van der Waals surface area contributed by atoms with Crippen molar-refractivity contribution in [3.8, 4) is 0 Å². The van der Waals surface area contributed by atoms with Crippen molar-refractivity contribution < 1.29 is 0 Å². The van der Waals surface area contributed by atoms with Gasteiger partial charge in [0.1, 0.15) is 0 Å². The summed E-state index contributed by atoms with van der Waals surface area (Å²) in [4.78, 5) is 16.5. The summed E-state index contributed by atoms with van der Waals surface area (Å²) in [5, 5.41) is 0. The summed E-state index contributed by atoms with van der Waals surface area (Å²) in [6.45, 7) is 2.04. The van der Waals surface area contributed by atoms with Crippen molar-refractivity contribution >= 4 is 0 Å². The van der Waals surface area contributed by atoms with Gasteiger partial charge in [-0.3, -0.25) is 19.9 Å². The fourth-order valence-corrected chi connectivity index (χ4v) is 1.22. The van der Waals surface area contributed by atoms with Gasteiger partial charge in [0.15, 0.2) is 0 Å². The molecule has 0 aliphatic carbocycles. The maximum atomic E-state index is 4.22. The Morgan fingerprint density at radius 3 is 1.71 bits per heavy atom. The summed E-state index contributed by atoms with van der Waals surface area (Å²) in [5.74, 6) is 0.136. The number of hydrogen-bond acceptors (Lipinski definition) is 4. The van der Waals surface area contributed by atoms with E-state index < -0.39 is 0 Å². The molecule has 4 nitrogen and oxygen atoms in total. The van der Waals surface area contributed by atoms with Crippen LogP contribution in [0.5, 0.6) is 0 Å². The number of rotatable bonds is 2. The molecule has 14 heavy (non-hydrogen) atoms. The third-order valence-corrected chi connectivity index (χ3v) is 2.05. The fourth-order valence-electron chi connectivity index (χ4n) is 1.22. The van der Waals surface area contributed by atoms with Crippen molar-refractivity contribution in [3.63, 3.8) is 0 Å². The highest BCUT2D eigenvalue weighted by Gasteiger charge is 2.10. The first-order chi connectivity index (χ1) is 6.88. The second-order valence-corrected chi connectivity index (χ2v) is 2.98. The van der Waals surface area contributed by atoms with Crippen molar-refractivity contribution in [2.45, 2.75) is 12.8 Å². The fraction of sp³-hybridized carbons (Fsp3) is 0.200. The molecule has 0 spiro atoms. The standard InChI is InChI=1S/C10H10N4/c1-8(9-6-11-2-4-13-9)10-7-12-3-5-14-10/h2-8H,1H3. The van der Waals surface area contributed by atoms with Gasteiger partial charge in [0, 0.05) is 43.1 Å². The van der Waals surface area contributed by atoms with Gasteiger partial charge in [0.2, 0.25) is 0 Å². The second kappa shape index (κ2) is 3.91. The predicted octanol–water partition coefficient (Wildman–Crippen LogP) is 1.42. The Morgan fingerprint density at radius 2 is 1.36 bits per heavy atom. The lowest BCUT2D eigenvalue weighted by atomic mass is 10.1. The average molecular weight is 186 g/mol. The summed E-state index contributed by atoms with van der Waals surface area (Å²) in [6, 6.07) is 0. The van der Waals surface area contributed by atoms with Gasteiger partial charge in [-0.05, 0) is 0 Å². The van der Waals surface area contributed by atoms with E-state index in [2.05, 4.69) is 19.9 Å². The van der Waals surface area contributed by atoms with E-state index in [9.17, 15) is 0 Å². The summed E-state index contributed by atoms with van der Waals surface area (Å²) in [7, 11) is 0. The highest BCUT2D eigenvalue weighted by atomic mass is 14.8. The predicted molar refractivity (Wildman–Crippen MR) is 51.6 cm³/mol. The SMILES string of the molecule is CC(c1cnccn1)c1cnccn1. The zero-order chi connectivity index (χ0) is 9.80. The maximum absolute atomic E-state index is 4.22. The molecule has 0 radical (unpaired) electrons. The summed E-state index contributed by atoms with van der Waals surface area (Å²) < 4.78 is 0. The van der Waals surface area contributed by atoms with Gasteiger partial charge >= 0.3 is 0 Å². The van der Waals surface area contributed by atoms with Gasteiger partial charge in [0.25, 0.3) is 0 Å². The molecule has 4 heteroatoms. The van der Waals surface area contributed by atoms with Crippen LogP contribution in [0.3, 0.4) is 0 Å². The molecule has 0 saturated carbocycles. The molecule has 2 rings (SSSR count). The van der Waals surface area contributed by atoms with E-state index in [0.29, 0.717) is 0 Å². The van der Waals surface area contributed by atoms with E-state index in [0.717, 1.165) is 11.4 Å². The van der Waals surface area contributed by atoms with Gasteiger partial charge in [-0.1, -0.05) is 6.92 Å².